The van der Waals surface area contributed by atoms with Crippen LogP contribution >= 0.6 is 22.9 Å². The predicted octanol–water partition coefficient (Wildman–Crippen LogP) is 4.39. The SMILES string of the molecule is CCCCN(CCCC)CCNCc1ccc(Cl)s1. The average Bonchev–Trinajstić information content (AvgIpc) is 2.82. The van der Waals surface area contributed by atoms with Crippen LogP contribution in [0.5, 0.6) is 0 Å². The fraction of sp³-hybridized carbons (Fsp3) is 0.733. The molecule has 0 aliphatic rings. The van der Waals surface area contributed by atoms with Gasteiger partial charge in [0.2, 0.25) is 0 Å². The molecule has 0 aliphatic carbocycles. The highest BCUT2D eigenvalue weighted by atomic mass is 35.5. The second kappa shape index (κ2) is 10.7. The van der Waals surface area contributed by atoms with Crippen LogP contribution in [-0.2, 0) is 6.54 Å². The first-order valence-electron chi connectivity index (χ1n) is 7.43. The van der Waals surface area contributed by atoms with E-state index < -0.39 is 0 Å². The van der Waals surface area contributed by atoms with Gasteiger partial charge in [-0.2, -0.15) is 0 Å². The number of halogens is 1. The van der Waals surface area contributed by atoms with Crippen molar-refractivity contribution >= 4 is 22.9 Å². The zero-order valence-corrected chi connectivity index (χ0v) is 13.8. The zero-order chi connectivity index (χ0) is 13.9. The molecule has 2 nitrogen and oxygen atoms in total. The van der Waals surface area contributed by atoms with Crippen molar-refractivity contribution in [1.82, 2.24) is 10.2 Å². The molecular weight excluding hydrogens is 276 g/mol. The highest BCUT2D eigenvalue weighted by Crippen LogP contribution is 2.20. The third-order valence-corrected chi connectivity index (χ3v) is 4.42. The lowest BCUT2D eigenvalue weighted by atomic mass is 10.2. The minimum Gasteiger partial charge on any atom is -0.311 e. The van der Waals surface area contributed by atoms with Gasteiger partial charge < -0.3 is 10.2 Å². The van der Waals surface area contributed by atoms with Crippen LogP contribution in [0.1, 0.15) is 44.4 Å². The van der Waals surface area contributed by atoms with Crippen LogP contribution in [0.2, 0.25) is 4.34 Å². The van der Waals surface area contributed by atoms with Crippen LogP contribution in [0.4, 0.5) is 0 Å². The molecular formula is C15H27ClN2S. The van der Waals surface area contributed by atoms with Crippen LogP contribution in [0, 0.1) is 0 Å². The molecule has 0 amide bonds. The first kappa shape index (κ1) is 17.0. The highest BCUT2D eigenvalue weighted by molar-refractivity contribution is 7.16. The Bertz CT molecular complexity index is 320. The fourth-order valence-corrected chi connectivity index (χ4v) is 3.05. The summed E-state index contributed by atoms with van der Waals surface area (Å²) in [5.41, 5.74) is 0. The number of unbranched alkanes of at least 4 members (excludes halogenated alkanes) is 2. The molecule has 0 saturated heterocycles. The maximum atomic E-state index is 5.92. The van der Waals surface area contributed by atoms with Crippen LogP contribution in [0.15, 0.2) is 12.1 Å². The molecule has 0 unspecified atom stereocenters. The van der Waals surface area contributed by atoms with Gasteiger partial charge in [-0.25, -0.2) is 0 Å². The van der Waals surface area contributed by atoms with Crippen LogP contribution in [-0.4, -0.2) is 31.1 Å². The van der Waals surface area contributed by atoms with Gasteiger partial charge in [0.15, 0.2) is 0 Å². The average molecular weight is 303 g/mol. The number of rotatable bonds is 11. The molecule has 1 N–H and O–H groups in total. The number of thiophene rings is 1. The van der Waals surface area contributed by atoms with E-state index in [1.54, 1.807) is 11.3 Å². The molecule has 1 rings (SSSR count). The number of hydrogen-bond donors (Lipinski definition) is 1. The van der Waals surface area contributed by atoms with Crippen molar-refractivity contribution in [3.8, 4) is 0 Å². The minimum atomic E-state index is 0.879. The number of nitrogens with one attached hydrogen (secondary N) is 1. The Morgan fingerprint density at radius 3 is 2.32 bits per heavy atom. The van der Waals surface area contributed by atoms with Crippen LogP contribution < -0.4 is 5.32 Å². The molecule has 0 atom stereocenters. The molecule has 0 saturated carbocycles. The van der Waals surface area contributed by atoms with E-state index in [4.69, 9.17) is 11.6 Å². The van der Waals surface area contributed by atoms with E-state index in [9.17, 15) is 0 Å². The molecule has 1 heterocycles. The lowest BCUT2D eigenvalue weighted by Gasteiger charge is -2.22. The summed E-state index contributed by atoms with van der Waals surface area (Å²) in [5.74, 6) is 0. The minimum absolute atomic E-state index is 0.879. The van der Waals surface area contributed by atoms with Gasteiger partial charge in [-0.15, -0.1) is 11.3 Å². The second-order valence-corrected chi connectivity index (χ2v) is 6.73. The maximum absolute atomic E-state index is 5.92. The lowest BCUT2D eigenvalue weighted by molar-refractivity contribution is 0.264. The molecule has 1 aromatic rings. The Labute approximate surface area is 127 Å². The summed E-state index contributed by atoms with van der Waals surface area (Å²) >= 11 is 7.58. The molecule has 110 valence electrons. The summed E-state index contributed by atoms with van der Waals surface area (Å²) < 4.78 is 0.879. The topological polar surface area (TPSA) is 15.3 Å². The number of hydrogen-bond acceptors (Lipinski definition) is 3. The van der Waals surface area contributed by atoms with Crippen molar-refractivity contribution in [2.45, 2.75) is 46.1 Å². The summed E-state index contributed by atoms with van der Waals surface area (Å²) in [6.45, 7) is 10.1. The van der Waals surface area contributed by atoms with Crippen molar-refractivity contribution < 1.29 is 0 Å². The first-order valence-corrected chi connectivity index (χ1v) is 8.63. The fourth-order valence-electron chi connectivity index (χ4n) is 1.99. The van der Waals surface area contributed by atoms with E-state index in [1.165, 1.54) is 43.6 Å². The van der Waals surface area contributed by atoms with Crippen molar-refractivity contribution in [3.63, 3.8) is 0 Å². The Morgan fingerprint density at radius 2 is 1.79 bits per heavy atom. The monoisotopic (exact) mass is 302 g/mol. The van der Waals surface area contributed by atoms with Gasteiger partial charge in [0.25, 0.3) is 0 Å². The normalized spacial score (nSPS) is 11.4. The van der Waals surface area contributed by atoms with E-state index >= 15 is 0 Å². The molecule has 0 radical (unpaired) electrons. The van der Waals surface area contributed by atoms with Gasteiger partial charge in [-0.1, -0.05) is 38.3 Å². The van der Waals surface area contributed by atoms with Gasteiger partial charge >= 0.3 is 0 Å². The van der Waals surface area contributed by atoms with Gasteiger partial charge in [-0.05, 0) is 38.1 Å². The molecule has 0 fully saturated rings. The lowest BCUT2D eigenvalue weighted by Crippen LogP contribution is -2.33. The smallest absolute Gasteiger partial charge is 0.0931 e. The Hall–Kier alpha value is -0.0900. The summed E-state index contributed by atoms with van der Waals surface area (Å²) in [5, 5.41) is 3.51. The molecule has 0 aliphatic heterocycles. The van der Waals surface area contributed by atoms with E-state index in [2.05, 4.69) is 30.1 Å². The maximum Gasteiger partial charge on any atom is 0.0931 e. The second-order valence-electron chi connectivity index (χ2n) is 4.93. The van der Waals surface area contributed by atoms with E-state index in [0.717, 1.165) is 24.0 Å². The molecule has 1 aromatic heterocycles. The van der Waals surface area contributed by atoms with Crippen molar-refractivity contribution in [2.75, 3.05) is 26.2 Å². The molecule has 4 heteroatoms. The molecule has 19 heavy (non-hydrogen) atoms. The van der Waals surface area contributed by atoms with E-state index in [1.807, 2.05) is 6.07 Å². The predicted molar refractivity (Wildman–Crippen MR) is 87.3 cm³/mol. The first-order chi connectivity index (χ1) is 9.26. The van der Waals surface area contributed by atoms with Crippen molar-refractivity contribution in [2.24, 2.45) is 0 Å². The van der Waals surface area contributed by atoms with E-state index in [-0.39, 0.29) is 0 Å². The molecule has 0 bridgehead atoms. The standard InChI is InChI=1S/C15H27ClN2S/c1-3-5-10-18(11-6-4-2)12-9-17-13-14-7-8-15(16)19-14/h7-8,17H,3-6,9-13H2,1-2H3. The third kappa shape index (κ3) is 7.93. The Balaban J connectivity index is 2.15. The quantitative estimate of drug-likeness (QED) is 0.610. The Morgan fingerprint density at radius 1 is 1.11 bits per heavy atom. The van der Waals surface area contributed by atoms with E-state index in [0.29, 0.717) is 0 Å². The summed E-state index contributed by atoms with van der Waals surface area (Å²) in [4.78, 5) is 3.90. The molecule has 0 spiro atoms. The Kier molecular flexibility index (Phi) is 9.52. The van der Waals surface area contributed by atoms with Gasteiger partial charge in [-0.3, -0.25) is 0 Å². The highest BCUT2D eigenvalue weighted by Gasteiger charge is 2.03. The largest absolute Gasteiger partial charge is 0.311 e. The van der Waals surface area contributed by atoms with Crippen LogP contribution in [0.25, 0.3) is 0 Å². The van der Waals surface area contributed by atoms with Gasteiger partial charge in [0, 0.05) is 24.5 Å². The third-order valence-electron chi connectivity index (χ3n) is 3.19. The van der Waals surface area contributed by atoms with Crippen molar-refractivity contribution in [1.29, 1.82) is 0 Å². The van der Waals surface area contributed by atoms with Crippen LogP contribution in [0.3, 0.4) is 0 Å². The summed E-state index contributed by atoms with van der Waals surface area (Å²) in [7, 11) is 0. The van der Waals surface area contributed by atoms with Gasteiger partial charge in [0.1, 0.15) is 0 Å². The molecule has 0 aromatic carbocycles. The van der Waals surface area contributed by atoms with Crippen molar-refractivity contribution in [3.05, 3.63) is 21.3 Å². The summed E-state index contributed by atoms with van der Waals surface area (Å²) in [6.07, 6.45) is 5.18. The zero-order valence-electron chi connectivity index (χ0n) is 12.3. The number of nitrogens with zero attached hydrogens (tertiary/aromatic N) is 1. The summed E-state index contributed by atoms with van der Waals surface area (Å²) in [6, 6.07) is 4.07. The van der Waals surface area contributed by atoms with Gasteiger partial charge in [0.05, 0.1) is 4.34 Å².